The third-order valence-electron chi connectivity index (χ3n) is 3.73. The number of hydrogen-bond donors (Lipinski definition) is 1. The van der Waals surface area contributed by atoms with E-state index in [0.717, 1.165) is 25.0 Å². The summed E-state index contributed by atoms with van der Waals surface area (Å²) in [4.78, 5) is 27.7. The number of ether oxygens (including phenoxy) is 1. The SMILES string of the molecule is COC1CCCCN(CC(=O)N(C)Cc2ccn[nH]2)C1=O. The zero-order chi connectivity index (χ0) is 15.2. The maximum atomic E-state index is 12.3. The quantitative estimate of drug-likeness (QED) is 0.852. The van der Waals surface area contributed by atoms with Crippen LogP contribution in [-0.2, 0) is 20.9 Å². The Kier molecular flexibility index (Phi) is 5.32. The number of likely N-dealkylation sites (tertiary alicyclic amines) is 1. The maximum absolute atomic E-state index is 12.3. The van der Waals surface area contributed by atoms with Crippen molar-refractivity contribution in [1.82, 2.24) is 20.0 Å². The average Bonchev–Trinajstić information content (AvgIpc) is 2.91. The number of carbonyl (C=O) groups is 2. The van der Waals surface area contributed by atoms with Gasteiger partial charge >= 0.3 is 0 Å². The largest absolute Gasteiger partial charge is 0.372 e. The molecule has 1 aliphatic rings. The van der Waals surface area contributed by atoms with Gasteiger partial charge in [0.2, 0.25) is 5.91 Å². The normalized spacial score (nSPS) is 19.4. The second-order valence-corrected chi connectivity index (χ2v) is 5.31. The van der Waals surface area contributed by atoms with Gasteiger partial charge < -0.3 is 14.5 Å². The minimum Gasteiger partial charge on any atom is -0.372 e. The van der Waals surface area contributed by atoms with Gasteiger partial charge in [0.1, 0.15) is 6.10 Å². The molecule has 0 spiro atoms. The Balaban J connectivity index is 1.92. The Hall–Kier alpha value is -1.89. The van der Waals surface area contributed by atoms with E-state index >= 15 is 0 Å². The predicted molar refractivity (Wildman–Crippen MR) is 76.3 cm³/mol. The van der Waals surface area contributed by atoms with Gasteiger partial charge in [0.05, 0.1) is 18.8 Å². The molecule has 0 aromatic carbocycles. The van der Waals surface area contributed by atoms with E-state index in [9.17, 15) is 9.59 Å². The molecule has 0 radical (unpaired) electrons. The number of hydrogen-bond acceptors (Lipinski definition) is 4. The van der Waals surface area contributed by atoms with Gasteiger partial charge in [0.25, 0.3) is 5.91 Å². The van der Waals surface area contributed by atoms with Gasteiger partial charge in [-0.3, -0.25) is 14.7 Å². The number of likely N-dealkylation sites (N-methyl/N-ethyl adjacent to an activating group) is 1. The molecule has 1 aromatic rings. The highest BCUT2D eigenvalue weighted by Gasteiger charge is 2.28. The number of amides is 2. The summed E-state index contributed by atoms with van der Waals surface area (Å²) >= 11 is 0. The first-order valence-corrected chi connectivity index (χ1v) is 7.15. The lowest BCUT2D eigenvalue weighted by atomic mass is 10.2. The van der Waals surface area contributed by atoms with Gasteiger partial charge in [-0.25, -0.2) is 0 Å². The molecule has 1 aliphatic heterocycles. The summed E-state index contributed by atoms with van der Waals surface area (Å²) in [6.45, 7) is 1.17. The molecule has 21 heavy (non-hydrogen) atoms. The number of nitrogens with one attached hydrogen (secondary N) is 1. The molecule has 1 N–H and O–H groups in total. The smallest absolute Gasteiger partial charge is 0.252 e. The molecule has 0 bridgehead atoms. The van der Waals surface area contributed by atoms with Crippen LogP contribution in [0.25, 0.3) is 0 Å². The summed E-state index contributed by atoms with van der Waals surface area (Å²) in [5.74, 6) is -0.173. The molecule has 1 aromatic heterocycles. The van der Waals surface area contributed by atoms with Gasteiger partial charge in [-0.1, -0.05) is 0 Å². The van der Waals surface area contributed by atoms with Crippen molar-refractivity contribution < 1.29 is 14.3 Å². The van der Waals surface area contributed by atoms with Gasteiger partial charge in [0.15, 0.2) is 0 Å². The molecule has 1 fully saturated rings. The molecule has 116 valence electrons. The van der Waals surface area contributed by atoms with Crippen molar-refractivity contribution in [2.24, 2.45) is 0 Å². The van der Waals surface area contributed by atoms with E-state index in [2.05, 4.69) is 10.2 Å². The van der Waals surface area contributed by atoms with Crippen LogP contribution in [0, 0.1) is 0 Å². The Labute approximate surface area is 124 Å². The van der Waals surface area contributed by atoms with Gasteiger partial charge in [-0.2, -0.15) is 5.10 Å². The molecule has 2 heterocycles. The van der Waals surface area contributed by atoms with Crippen LogP contribution in [0.15, 0.2) is 12.3 Å². The molecule has 0 saturated carbocycles. The van der Waals surface area contributed by atoms with Crippen LogP contribution >= 0.6 is 0 Å². The number of rotatable bonds is 5. The van der Waals surface area contributed by atoms with Crippen molar-refractivity contribution in [3.63, 3.8) is 0 Å². The Bertz CT molecular complexity index is 475. The van der Waals surface area contributed by atoms with E-state index in [0.29, 0.717) is 13.1 Å². The van der Waals surface area contributed by atoms with Crippen LogP contribution in [0.1, 0.15) is 25.0 Å². The molecular weight excluding hydrogens is 272 g/mol. The van der Waals surface area contributed by atoms with Crippen molar-refractivity contribution in [1.29, 1.82) is 0 Å². The van der Waals surface area contributed by atoms with Crippen LogP contribution in [0.2, 0.25) is 0 Å². The Morgan fingerprint density at radius 2 is 2.38 bits per heavy atom. The molecule has 7 nitrogen and oxygen atoms in total. The van der Waals surface area contributed by atoms with Crippen molar-refractivity contribution in [3.8, 4) is 0 Å². The fraction of sp³-hybridized carbons (Fsp3) is 0.643. The number of aromatic amines is 1. The predicted octanol–water partition coefficient (Wildman–Crippen LogP) is 0.396. The molecule has 0 aliphatic carbocycles. The molecule has 2 rings (SSSR count). The first-order valence-electron chi connectivity index (χ1n) is 7.15. The zero-order valence-electron chi connectivity index (χ0n) is 12.5. The zero-order valence-corrected chi connectivity index (χ0v) is 12.5. The maximum Gasteiger partial charge on any atom is 0.252 e. The Morgan fingerprint density at radius 1 is 1.57 bits per heavy atom. The lowest BCUT2D eigenvalue weighted by molar-refractivity contribution is -0.146. The van der Waals surface area contributed by atoms with E-state index in [4.69, 9.17) is 4.74 Å². The highest BCUT2D eigenvalue weighted by molar-refractivity contribution is 5.87. The molecule has 1 unspecified atom stereocenters. The molecule has 2 amide bonds. The lowest BCUT2D eigenvalue weighted by Crippen LogP contribution is -2.45. The van der Waals surface area contributed by atoms with Crippen LogP contribution in [-0.4, -0.2) is 65.2 Å². The molecule has 7 heteroatoms. The van der Waals surface area contributed by atoms with Crippen LogP contribution in [0.4, 0.5) is 0 Å². The summed E-state index contributed by atoms with van der Waals surface area (Å²) in [6, 6.07) is 1.82. The monoisotopic (exact) mass is 294 g/mol. The minimum absolute atomic E-state index is 0.0849. The second kappa shape index (κ2) is 7.21. The molecule has 1 atom stereocenters. The van der Waals surface area contributed by atoms with Crippen LogP contribution in [0.5, 0.6) is 0 Å². The standard InChI is InChI=1S/C14H22N4O3/c1-17(9-11-6-7-15-16-11)13(19)10-18-8-4-3-5-12(21-2)14(18)20/h6-7,12H,3-5,8-10H2,1-2H3,(H,15,16). The highest BCUT2D eigenvalue weighted by atomic mass is 16.5. The minimum atomic E-state index is -0.418. The first-order chi connectivity index (χ1) is 10.1. The van der Waals surface area contributed by atoms with Crippen molar-refractivity contribution in [3.05, 3.63) is 18.0 Å². The first kappa shape index (κ1) is 15.5. The van der Waals surface area contributed by atoms with Gasteiger partial charge in [-0.05, 0) is 25.3 Å². The van der Waals surface area contributed by atoms with Crippen molar-refractivity contribution in [2.45, 2.75) is 31.9 Å². The lowest BCUT2D eigenvalue weighted by Gasteiger charge is -2.25. The number of carbonyl (C=O) groups excluding carboxylic acids is 2. The van der Waals surface area contributed by atoms with Gasteiger partial charge in [0, 0.05) is 26.9 Å². The van der Waals surface area contributed by atoms with E-state index in [1.54, 1.807) is 23.0 Å². The summed E-state index contributed by atoms with van der Waals surface area (Å²) < 4.78 is 5.21. The fourth-order valence-electron chi connectivity index (χ4n) is 2.45. The summed E-state index contributed by atoms with van der Waals surface area (Å²) in [5, 5.41) is 6.67. The van der Waals surface area contributed by atoms with Crippen LogP contribution in [0.3, 0.4) is 0 Å². The number of aromatic nitrogens is 2. The average molecular weight is 294 g/mol. The van der Waals surface area contributed by atoms with E-state index < -0.39 is 6.10 Å². The highest BCUT2D eigenvalue weighted by Crippen LogP contribution is 2.14. The van der Waals surface area contributed by atoms with Crippen molar-refractivity contribution in [2.75, 3.05) is 27.2 Å². The van der Waals surface area contributed by atoms with Gasteiger partial charge in [-0.15, -0.1) is 0 Å². The summed E-state index contributed by atoms with van der Waals surface area (Å²) in [5.41, 5.74) is 0.864. The fourth-order valence-corrected chi connectivity index (χ4v) is 2.45. The second-order valence-electron chi connectivity index (χ2n) is 5.31. The van der Waals surface area contributed by atoms with E-state index in [1.165, 1.54) is 7.11 Å². The third-order valence-corrected chi connectivity index (χ3v) is 3.73. The van der Waals surface area contributed by atoms with Crippen LogP contribution < -0.4 is 0 Å². The molecular formula is C14H22N4O3. The number of nitrogens with zero attached hydrogens (tertiary/aromatic N) is 3. The third kappa shape index (κ3) is 4.04. The number of methoxy groups -OCH3 is 1. The number of H-pyrrole nitrogens is 1. The van der Waals surface area contributed by atoms with Crippen molar-refractivity contribution >= 4 is 11.8 Å². The van der Waals surface area contributed by atoms with E-state index in [-0.39, 0.29) is 18.4 Å². The summed E-state index contributed by atoms with van der Waals surface area (Å²) in [6.07, 6.45) is 3.81. The van der Waals surface area contributed by atoms with E-state index in [1.807, 2.05) is 6.07 Å². The molecule has 1 saturated heterocycles. The topological polar surface area (TPSA) is 78.5 Å². The Morgan fingerprint density at radius 3 is 3.05 bits per heavy atom. The summed E-state index contributed by atoms with van der Waals surface area (Å²) in [7, 11) is 3.26.